The summed E-state index contributed by atoms with van der Waals surface area (Å²) in [6.45, 7) is 0.0610. The first-order valence-corrected chi connectivity index (χ1v) is 8.52. The highest BCUT2D eigenvalue weighted by Gasteiger charge is 2.35. The SMILES string of the molecule is O=C(C1CC1)N(Cc1nc(-c2nnc(C(F)F)o2)co1)c1cccc(Cl)c1. The van der Waals surface area contributed by atoms with E-state index in [1.54, 1.807) is 24.3 Å². The van der Waals surface area contributed by atoms with Crippen molar-refractivity contribution < 1.29 is 22.4 Å². The Morgan fingerprint density at radius 2 is 2.15 bits per heavy atom. The molecule has 140 valence electrons. The van der Waals surface area contributed by atoms with Gasteiger partial charge in [0.15, 0.2) is 5.69 Å². The van der Waals surface area contributed by atoms with Gasteiger partial charge in [-0.3, -0.25) is 4.79 Å². The summed E-state index contributed by atoms with van der Waals surface area (Å²) in [5.74, 6) is -0.837. The van der Waals surface area contributed by atoms with E-state index in [1.165, 1.54) is 11.2 Å². The van der Waals surface area contributed by atoms with Gasteiger partial charge < -0.3 is 13.7 Å². The van der Waals surface area contributed by atoms with E-state index in [-0.39, 0.29) is 35.8 Å². The predicted molar refractivity (Wildman–Crippen MR) is 90.1 cm³/mol. The molecule has 0 aliphatic heterocycles. The van der Waals surface area contributed by atoms with E-state index in [4.69, 9.17) is 20.4 Å². The number of hydrogen-bond acceptors (Lipinski definition) is 6. The molecule has 1 saturated carbocycles. The van der Waals surface area contributed by atoms with Crippen LogP contribution in [0.5, 0.6) is 0 Å². The number of hydrogen-bond donors (Lipinski definition) is 0. The predicted octanol–water partition coefficient (Wildman–Crippen LogP) is 4.26. The highest BCUT2D eigenvalue weighted by atomic mass is 35.5. The summed E-state index contributed by atoms with van der Waals surface area (Å²) in [4.78, 5) is 18.4. The van der Waals surface area contributed by atoms with Crippen LogP contribution in [0.15, 0.2) is 39.4 Å². The summed E-state index contributed by atoms with van der Waals surface area (Å²) in [6, 6.07) is 6.90. The van der Waals surface area contributed by atoms with Crippen molar-refractivity contribution in [3.63, 3.8) is 0 Å². The lowest BCUT2D eigenvalue weighted by Gasteiger charge is -2.21. The second-order valence-electron chi connectivity index (χ2n) is 6.05. The Hall–Kier alpha value is -2.81. The van der Waals surface area contributed by atoms with Gasteiger partial charge in [-0.2, -0.15) is 8.78 Å². The molecule has 0 N–H and O–H groups in total. The summed E-state index contributed by atoms with van der Waals surface area (Å²) in [5, 5.41) is 7.28. The number of amides is 1. The molecule has 4 rings (SSSR count). The fourth-order valence-corrected chi connectivity index (χ4v) is 2.72. The van der Waals surface area contributed by atoms with Crippen LogP contribution in [0.2, 0.25) is 5.02 Å². The molecular weight excluding hydrogens is 382 g/mol. The second kappa shape index (κ2) is 7.07. The lowest BCUT2D eigenvalue weighted by Crippen LogP contribution is -2.31. The normalized spacial score (nSPS) is 13.9. The Bertz CT molecular complexity index is 971. The third kappa shape index (κ3) is 3.82. The zero-order valence-corrected chi connectivity index (χ0v) is 14.6. The van der Waals surface area contributed by atoms with E-state index >= 15 is 0 Å². The van der Waals surface area contributed by atoms with Crippen molar-refractivity contribution >= 4 is 23.2 Å². The van der Waals surface area contributed by atoms with E-state index in [0.29, 0.717) is 10.7 Å². The van der Waals surface area contributed by atoms with E-state index in [1.807, 2.05) is 0 Å². The van der Waals surface area contributed by atoms with Crippen LogP contribution in [0.4, 0.5) is 14.5 Å². The smallest absolute Gasteiger partial charge is 0.314 e. The Kier molecular flexibility index (Phi) is 4.61. The van der Waals surface area contributed by atoms with E-state index in [2.05, 4.69) is 15.2 Å². The number of aromatic nitrogens is 3. The Morgan fingerprint density at radius 3 is 2.81 bits per heavy atom. The zero-order valence-electron chi connectivity index (χ0n) is 13.8. The van der Waals surface area contributed by atoms with Crippen molar-refractivity contribution in [2.75, 3.05) is 4.90 Å². The molecule has 2 aromatic heterocycles. The van der Waals surface area contributed by atoms with Gasteiger partial charge in [-0.25, -0.2) is 4.98 Å². The molecule has 7 nitrogen and oxygen atoms in total. The molecule has 0 unspecified atom stereocenters. The summed E-state index contributed by atoms with van der Waals surface area (Å²) in [7, 11) is 0. The topological polar surface area (TPSA) is 85.3 Å². The highest BCUT2D eigenvalue weighted by Crippen LogP contribution is 2.34. The zero-order chi connectivity index (χ0) is 19.0. The van der Waals surface area contributed by atoms with Crippen LogP contribution in [0.1, 0.15) is 31.0 Å². The summed E-state index contributed by atoms with van der Waals surface area (Å²) < 4.78 is 35.4. The Morgan fingerprint density at radius 1 is 1.33 bits per heavy atom. The molecule has 3 aromatic rings. The maximum atomic E-state index is 12.7. The van der Waals surface area contributed by atoms with Gasteiger partial charge in [-0.05, 0) is 31.0 Å². The van der Waals surface area contributed by atoms with Crippen molar-refractivity contribution in [2.45, 2.75) is 25.8 Å². The van der Waals surface area contributed by atoms with Gasteiger partial charge >= 0.3 is 6.43 Å². The number of nitrogens with zero attached hydrogens (tertiary/aromatic N) is 4. The van der Waals surface area contributed by atoms with Crippen LogP contribution >= 0.6 is 11.6 Å². The van der Waals surface area contributed by atoms with Crippen LogP contribution in [-0.4, -0.2) is 21.1 Å². The molecule has 1 aliphatic rings. The maximum absolute atomic E-state index is 12.7. The molecule has 1 amide bonds. The van der Waals surface area contributed by atoms with Crippen LogP contribution in [0.3, 0.4) is 0 Å². The number of carbonyl (C=O) groups is 1. The van der Waals surface area contributed by atoms with Gasteiger partial charge in [0.1, 0.15) is 12.8 Å². The fraction of sp³-hybridized carbons (Fsp3) is 0.294. The minimum atomic E-state index is -2.87. The van der Waals surface area contributed by atoms with Gasteiger partial charge in [0.05, 0.1) is 0 Å². The molecule has 0 spiro atoms. The number of oxazole rings is 1. The molecule has 10 heteroatoms. The van der Waals surface area contributed by atoms with Crippen molar-refractivity contribution in [3.05, 3.63) is 47.3 Å². The van der Waals surface area contributed by atoms with Gasteiger partial charge in [0, 0.05) is 16.6 Å². The maximum Gasteiger partial charge on any atom is 0.314 e. The fourth-order valence-electron chi connectivity index (χ4n) is 2.53. The minimum absolute atomic E-state index is 0.0250. The molecule has 1 fully saturated rings. The van der Waals surface area contributed by atoms with Gasteiger partial charge in [0.2, 0.25) is 11.8 Å². The molecule has 0 radical (unpaired) electrons. The first-order valence-electron chi connectivity index (χ1n) is 8.14. The quantitative estimate of drug-likeness (QED) is 0.621. The summed E-state index contributed by atoms with van der Waals surface area (Å²) in [5.41, 5.74) is 0.742. The molecule has 1 aromatic carbocycles. The van der Waals surface area contributed by atoms with E-state index in [0.717, 1.165) is 12.8 Å². The second-order valence-corrected chi connectivity index (χ2v) is 6.49. The van der Waals surface area contributed by atoms with Crippen LogP contribution in [-0.2, 0) is 11.3 Å². The molecule has 0 bridgehead atoms. The minimum Gasteiger partial charge on any atom is -0.446 e. The number of halogens is 3. The molecule has 27 heavy (non-hydrogen) atoms. The van der Waals surface area contributed by atoms with Crippen molar-refractivity contribution in [1.82, 2.24) is 15.2 Å². The lowest BCUT2D eigenvalue weighted by molar-refractivity contribution is -0.120. The number of carbonyl (C=O) groups excluding carboxylic acids is 1. The Balaban J connectivity index is 1.58. The average Bonchev–Trinajstić information content (AvgIpc) is 3.18. The average molecular weight is 395 g/mol. The third-order valence-corrected chi connectivity index (χ3v) is 4.24. The number of alkyl halides is 2. The highest BCUT2D eigenvalue weighted by molar-refractivity contribution is 6.30. The van der Waals surface area contributed by atoms with Crippen LogP contribution in [0.25, 0.3) is 11.6 Å². The first-order chi connectivity index (χ1) is 13.0. The number of benzene rings is 1. The summed E-state index contributed by atoms with van der Waals surface area (Å²) >= 11 is 6.04. The monoisotopic (exact) mass is 394 g/mol. The number of rotatable bonds is 6. The first kappa shape index (κ1) is 17.6. The van der Waals surface area contributed by atoms with Gasteiger partial charge in [0.25, 0.3) is 11.8 Å². The standard InChI is InChI=1S/C17H13ClF2N4O3/c18-10-2-1-3-11(6-10)24(17(25)9-4-5-9)7-13-21-12(8-26-13)15-22-23-16(27-15)14(19)20/h1-3,6,8-9,14H,4-5,7H2. The molecule has 0 saturated heterocycles. The molecule has 1 aliphatic carbocycles. The van der Waals surface area contributed by atoms with E-state index < -0.39 is 12.3 Å². The van der Waals surface area contributed by atoms with E-state index in [9.17, 15) is 13.6 Å². The Labute approximate surface area is 157 Å². The number of anilines is 1. The van der Waals surface area contributed by atoms with Crippen molar-refractivity contribution in [2.24, 2.45) is 5.92 Å². The third-order valence-electron chi connectivity index (χ3n) is 4.00. The molecular formula is C17H13ClF2N4O3. The van der Waals surface area contributed by atoms with Crippen molar-refractivity contribution in [1.29, 1.82) is 0 Å². The largest absolute Gasteiger partial charge is 0.446 e. The summed E-state index contributed by atoms with van der Waals surface area (Å²) in [6.07, 6.45) is 0.0265. The molecule has 0 atom stereocenters. The van der Waals surface area contributed by atoms with Crippen LogP contribution in [0, 0.1) is 5.92 Å². The van der Waals surface area contributed by atoms with Crippen molar-refractivity contribution in [3.8, 4) is 11.6 Å². The lowest BCUT2D eigenvalue weighted by atomic mass is 10.2. The van der Waals surface area contributed by atoms with Crippen LogP contribution < -0.4 is 4.90 Å². The van der Waals surface area contributed by atoms with Gasteiger partial charge in [-0.1, -0.05) is 17.7 Å². The molecule has 2 heterocycles. The van der Waals surface area contributed by atoms with Gasteiger partial charge in [-0.15, -0.1) is 10.2 Å².